The number of hydrogen-bond donors (Lipinski definition) is 2. The maximum atomic E-state index is 12.6. The van der Waals surface area contributed by atoms with Crippen LogP contribution >= 0.6 is 0 Å². The standard InChI is InChI=1S/C12H16N4O3/c17-10-8-9-14-11(13-8)19-16(9)12(18)15(10)7-4-5-1-2-6(7)3-5/h5-9,11,13-14H,1-4H2. The topological polar surface area (TPSA) is 73.9 Å². The number of hydroxylamine groups is 2. The molecule has 3 saturated heterocycles. The van der Waals surface area contributed by atoms with Crippen LogP contribution in [0.4, 0.5) is 4.79 Å². The summed E-state index contributed by atoms with van der Waals surface area (Å²) in [5, 5.41) is 7.48. The minimum absolute atomic E-state index is 0.0814. The van der Waals surface area contributed by atoms with E-state index in [2.05, 4.69) is 10.6 Å². The number of rotatable bonds is 1. The van der Waals surface area contributed by atoms with Crippen LogP contribution in [0, 0.1) is 11.8 Å². The van der Waals surface area contributed by atoms with Crippen LogP contribution in [-0.4, -0.2) is 46.5 Å². The quantitative estimate of drug-likeness (QED) is 0.671. The Labute approximate surface area is 110 Å². The number of nitrogens with one attached hydrogen (secondary N) is 2. The van der Waals surface area contributed by atoms with Crippen LogP contribution in [0.1, 0.15) is 25.7 Å². The molecule has 2 saturated carbocycles. The van der Waals surface area contributed by atoms with E-state index in [1.807, 2.05) is 0 Å². The molecule has 5 fully saturated rings. The Hall–Kier alpha value is -1.18. The van der Waals surface area contributed by atoms with Crippen molar-refractivity contribution in [3.63, 3.8) is 0 Å². The second-order valence-electron chi connectivity index (χ2n) is 6.30. The van der Waals surface area contributed by atoms with Gasteiger partial charge < -0.3 is 0 Å². The molecule has 19 heavy (non-hydrogen) atoms. The molecule has 6 unspecified atom stereocenters. The molecule has 7 heteroatoms. The lowest BCUT2D eigenvalue weighted by atomic mass is 9.93. The maximum Gasteiger partial charge on any atom is 0.352 e. The van der Waals surface area contributed by atoms with E-state index in [9.17, 15) is 9.59 Å². The summed E-state index contributed by atoms with van der Waals surface area (Å²) in [6.07, 6.45) is 3.82. The number of imide groups is 1. The van der Waals surface area contributed by atoms with Crippen molar-refractivity contribution in [2.75, 3.05) is 0 Å². The van der Waals surface area contributed by atoms with Crippen molar-refractivity contribution < 1.29 is 14.4 Å². The predicted octanol–water partition coefficient (Wildman–Crippen LogP) is -0.444. The largest absolute Gasteiger partial charge is 0.352 e. The van der Waals surface area contributed by atoms with Crippen molar-refractivity contribution >= 4 is 11.9 Å². The van der Waals surface area contributed by atoms with Gasteiger partial charge in [0.2, 0.25) is 0 Å². The Kier molecular flexibility index (Phi) is 1.83. The van der Waals surface area contributed by atoms with Crippen LogP contribution in [-0.2, 0) is 9.63 Å². The lowest BCUT2D eigenvalue weighted by molar-refractivity contribution is -0.193. The highest BCUT2D eigenvalue weighted by atomic mass is 16.7. The summed E-state index contributed by atoms with van der Waals surface area (Å²) in [5.74, 6) is 1.12. The van der Waals surface area contributed by atoms with Crippen LogP contribution in [0.25, 0.3) is 0 Å². The van der Waals surface area contributed by atoms with Gasteiger partial charge in [-0.2, -0.15) is 5.06 Å². The van der Waals surface area contributed by atoms with Gasteiger partial charge in [0.1, 0.15) is 12.2 Å². The number of amides is 3. The van der Waals surface area contributed by atoms with Crippen LogP contribution in [0.15, 0.2) is 0 Å². The summed E-state index contributed by atoms with van der Waals surface area (Å²) < 4.78 is 0. The van der Waals surface area contributed by atoms with E-state index < -0.39 is 6.35 Å². The van der Waals surface area contributed by atoms with Gasteiger partial charge in [0.05, 0.1) is 0 Å². The van der Waals surface area contributed by atoms with Crippen LogP contribution in [0.3, 0.4) is 0 Å². The zero-order valence-corrected chi connectivity index (χ0v) is 10.4. The Morgan fingerprint density at radius 3 is 2.74 bits per heavy atom. The highest BCUT2D eigenvalue weighted by Gasteiger charge is 2.60. The van der Waals surface area contributed by atoms with E-state index >= 15 is 0 Å². The SMILES string of the molecule is O=C1C2NC3NC2N(O3)C(=O)N1C1CC2CCC1C2. The molecule has 0 aromatic carbocycles. The smallest absolute Gasteiger partial charge is 0.272 e. The summed E-state index contributed by atoms with van der Waals surface area (Å²) in [5.41, 5.74) is 0. The van der Waals surface area contributed by atoms with E-state index in [0.717, 1.165) is 12.8 Å². The van der Waals surface area contributed by atoms with Gasteiger partial charge in [0, 0.05) is 6.04 Å². The second-order valence-corrected chi connectivity index (χ2v) is 6.30. The number of fused-ring (bicyclic) bond motifs is 3. The molecule has 4 bridgehead atoms. The first-order valence-electron chi connectivity index (χ1n) is 7.07. The maximum absolute atomic E-state index is 12.6. The predicted molar refractivity (Wildman–Crippen MR) is 62.0 cm³/mol. The molecule has 3 aliphatic heterocycles. The van der Waals surface area contributed by atoms with Crippen LogP contribution < -0.4 is 10.6 Å². The second kappa shape index (κ2) is 3.28. The fourth-order valence-corrected chi connectivity index (χ4v) is 4.55. The van der Waals surface area contributed by atoms with E-state index in [0.29, 0.717) is 11.8 Å². The van der Waals surface area contributed by atoms with Gasteiger partial charge in [-0.3, -0.25) is 20.3 Å². The first-order chi connectivity index (χ1) is 9.22. The Bertz CT molecular complexity index is 458. The molecule has 0 spiro atoms. The number of hydrogen-bond acceptors (Lipinski definition) is 5. The fourth-order valence-electron chi connectivity index (χ4n) is 4.55. The van der Waals surface area contributed by atoms with E-state index in [1.165, 1.54) is 22.8 Å². The molecule has 5 aliphatic rings. The van der Waals surface area contributed by atoms with Crippen molar-refractivity contribution in [2.45, 2.75) is 50.3 Å². The molecule has 6 atom stereocenters. The number of nitrogens with zero attached hydrogens (tertiary/aromatic N) is 2. The molecule has 7 nitrogen and oxygen atoms in total. The summed E-state index contributed by atoms with van der Waals surface area (Å²) in [6.45, 7) is 0. The molecule has 3 amide bonds. The van der Waals surface area contributed by atoms with Gasteiger partial charge in [0.15, 0.2) is 6.35 Å². The van der Waals surface area contributed by atoms with Crippen molar-refractivity contribution in [2.24, 2.45) is 11.8 Å². The number of carbonyl (C=O) groups is 2. The van der Waals surface area contributed by atoms with Gasteiger partial charge in [-0.1, -0.05) is 6.42 Å². The van der Waals surface area contributed by atoms with Crippen molar-refractivity contribution in [1.29, 1.82) is 0 Å². The summed E-state index contributed by atoms with van der Waals surface area (Å²) in [7, 11) is 0. The molecule has 0 aromatic heterocycles. The Balaban J connectivity index is 1.49. The van der Waals surface area contributed by atoms with Gasteiger partial charge in [-0.25, -0.2) is 9.63 Å². The molecular weight excluding hydrogens is 248 g/mol. The average molecular weight is 264 g/mol. The lowest BCUT2D eigenvalue weighted by Gasteiger charge is -2.44. The number of urea groups is 1. The van der Waals surface area contributed by atoms with Crippen molar-refractivity contribution in [3.8, 4) is 0 Å². The first kappa shape index (κ1) is 10.6. The summed E-state index contributed by atoms with van der Waals surface area (Å²) >= 11 is 0. The zero-order valence-electron chi connectivity index (χ0n) is 10.4. The normalized spacial score (nSPS) is 50.7. The van der Waals surface area contributed by atoms with E-state index in [1.54, 1.807) is 0 Å². The van der Waals surface area contributed by atoms with Gasteiger partial charge in [0.25, 0.3) is 5.91 Å². The molecule has 5 rings (SSSR count). The molecule has 0 aromatic rings. The van der Waals surface area contributed by atoms with E-state index in [4.69, 9.17) is 4.84 Å². The minimum Gasteiger partial charge on any atom is -0.272 e. The van der Waals surface area contributed by atoms with Gasteiger partial charge >= 0.3 is 6.03 Å². The highest BCUT2D eigenvalue weighted by Crippen LogP contribution is 2.48. The molecular formula is C12H16N4O3. The molecule has 2 aliphatic carbocycles. The zero-order chi connectivity index (χ0) is 12.7. The fraction of sp³-hybridized carbons (Fsp3) is 0.833. The molecule has 3 heterocycles. The molecule has 102 valence electrons. The van der Waals surface area contributed by atoms with Gasteiger partial charge in [-0.05, 0) is 31.1 Å². The van der Waals surface area contributed by atoms with E-state index in [-0.39, 0.29) is 30.2 Å². The lowest BCUT2D eigenvalue weighted by Crippen LogP contribution is -2.69. The Morgan fingerprint density at radius 1 is 1.16 bits per heavy atom. The van der Waals surface area contributed by atoms with Crippen LogP contribution in [0.2, 0.25) is 0 Å². The van der Waals surface area contributed by atoms with Crippen molar-refractivity contribution in [3.05, 3.63) is 0 Å². The molecule has 2 N–H and O–H groups in total. The Morgan fingerprint density at radius 2 is 2.05 bits per heavy atom. The average Bonchev–Trinajstić information content (AvgIpc) is 3.15. The number of carbonyl (C=O) groups excluding carboxylic acids is 2. The highest BCUT2D eigenvalue weighted by molar-refractivity contribution is 6.01. The third-order valence-corrected chi connectivity index (χ3v) is 5.37. The summed E-state index contributed by atoms with van der Waals surface area (Å²) in [6, 6.07) is -0.541. The van der Waals surface area contributed by atoms with Crippen molar-refractivity contribution in [1.82, 2.24) is 20.6 Å². The summed E-state index contributed by atoms with van der Waals surface area (Å²) in [4.78, 5) is 32.0. The van der Waals surface area contributed by atoms with Crippen LogP contribution in [0.5, 0.6) is 0 Å². The third kappa shape index (κ3) is 1.19. The van der Waals surface area contributed by atoms with Gasteiger partial charge in [-0.15, -0.1) is 0 Å². The molecule has 0 radical (unpaired) electrons. The monoisotopic (exact) mass is 264 g/mol. The third-order valence-electron chi connectivity index (χ3n) is 5.37. The minimum atomic E-state index is -0.398. The first-order valence-corrected chi connectivity index (χ1v) is 7.07.